The van der Waals surface area contributed by atoms with E-state index in [2.05, 4.69) is 179 Å². The van der Waals surface area contributed by atoms with E-state index in [0.29, 0.717) is 0 Å². The summed E-state index contributed by atoms with van der Waals surface area (Å²) < 4.78 is 2.46. The summed E-state index contributed by atoms with van der Waals surface area (Å²) in [6, 6.07) is 61.8. The fraction of sp³-hybridized carbons (Fsp3) is 0. The van der Waals surface area contributed by atoms with Gasteiger partial charge in [-0.2, -0.15) is 0 Å². The minimum Gasteiger partial charge on any atom is -0.310 e. The Kier molecular flexibility index (Phi) is 5.31. The summed E-state index contributed by atoms with van der Waals surface area (Å²) in [5.74, 6) is 0. The fourth-order valence-electron chi connectivity index (χ4n) is 7.70. The maximum absolute atomic E-state index is 2.46. The summed E-state index contributed by atoms with van der Waals surface area (Å²) in [5.41, 5.74) is 9.41. The molecule has 2 nitrogen and oxygen atoms in total. The Labute approximate surface area is 266 Å². The van der Waals surface area contributed by atoms with Gasteiger partial charge in [0.2, 0.25) is 0 Å². The predicted octanol–water partition coefficient (Wildman–Crippen LogP) is 12.3. The smallest absolute Gasteiger partial charge is 0.0548 e. The quantitative estimate of drug-likeness (QED) is 0.144. The lowest BCUT2D eigenvalue weighted by molar-refractivity contribution is 1.17. The highest BCUT2D eigenvalue weighted by Gasteiger charge is 2.22. The van der Waals surface area contributed by atoms with Gasteiger partial charge in [0.15, 0.2) is 0 Å². The van der Waals surface area contributed by atoms with E-state index in [1.807, 2.05) is 0 Å². The van der Waals surface area contributed by atoms with Crippen molar-refractivity contribution in [3.8, 4) is 16.8 Å². The summed E-state index contributed by atoms with van der Waals surface area (Å²) in [4.78, 5) is 2.35. The van der Waals surface area contributed by atoms with E-state index in [0.717, 1.165) is 22.7 Å². The van der Waals surface area contributed by atoms with Crippen molar-refractivity contribution in [1.29, 1.82) is 0 Å². The molecule has 1 aromatic heterocycles. The van der Waals surface area contributed by atoms with Gasteiger partial charge in [0.25, 0.3) is 0 Å². The monoisotopic (exact) mass is 584 g/mol. The van der Waals surface area contributed by atoms with Crippen LogP contribution in [0, 0.1) is 0 Å². The van der Waals surface area contributed by atoms with Crippen LogP contribution >= 0.6 is 0 Å². The van der Waals surface area contributed by atoms with Gasteiger partial charge in [-0.15, -0.1) is 0 Å². The standard InChI is InChI=1S/C44H28N2/c1-3-10-29(11-4-1)30-22-25-34(26-23-30)45(33-13-5-2-6-14-33)35-15-8-16-36(28-35)46-39-19-9-18-38-37-17-7-12-31-20-21-32-24-27-40(46)44(43(38)39)42(32)41(31)37/h1-28H. The zero-order valence-electron chi connectivity index (χ0n) is 25.1. The van der Waals surface area contributed by atoms with Gasteiger partial charge in [-0.1, -0.05) is 115 Å². The summed E-state index contributed by atoms with van der Waals surface area (Å²) in [6.07, 6.45) is 0. The van der Waals surface area contributed by atoms with E-state index in [4.69, 9.17) is 0 Å². The third-order valence-electron chi connectivity index (χ3n) is 9.66. The van der Waals surface area contributed by atoms with Gasteiger partial charge in [-0.3, -0.25) is 0 Å². The van der Waals surface area contributed by atoms with E-state index in [-0.39, 0.29) is 0 Å². The van der Waals surface area contributed by atoms with Crippen LogP contribution in [0.15, 0.2) is 170 Å². The lowest BCUT2D eigenvalue weighted by atomic mass is 9.89. The van der Waals surface area contributed by atoms with Crippen LogP contribution in [0.25, 0.3) is 70.9 Å². The van der Waals surface area contributed by atoms with Crippen molar-refractivity contribution in [3.05, 3.63) is 170 Å². The van der Waals surface area contributed by atoms with E-state index >= 15 is 0 Å². The summed E-state index contributed by atoms with van der Waals surface area (Å²) in [7, 11) is 0. The van der Waals surface area contributed by atoms with Crippen molar-refractivity contribution in [2.45, 2.75) is 0 Å². The second kappa shape index (κ2) is 9.69. The van der Waals surface area contributed by atoms with E-state index in [9.17, 15) is 0 Å². The molecule has 0 bridgehead atoms. The molecule has 0 atom stereocenters. The van der Waals surface area contributed by atoms with Gasteiger partial charge in [-0.25, -0.2) is 0 Å². The minimum absolute atomic E-state index is 1.11. The average Bonchev–Trinajstić information content (AvgIpc) is 3.47. The highest BCUT2D eigenvalue weighted by Crippen LogP contribution is 2.47. The number of rotatable bonds is 5. The Morgan fingerprint density at radius 1 is 0.348 bits per heavy atom. The van der Waals surface area contributed by atoms with Crippen LogP contribution in [-0.4, -0.2) is 4.57 Å². The van der Waals surface area contributed by atoms with Crippen LogP contribution < -0.4 is 4.90 Å². The van der Waals surface area contributed by atoms with Crippen molar-refractivity contribution in [1.82, 2.24) is 4.57 Å². The van der Waals surface area contributed by atoms with Crippen LogP contribution in [0.1, 0.15) is 0 Å². The maximum Gasteiger partial charge on any atom is 0.0548 e. The number of benzene rings is 9. The lowest BCUT2D eigenvalue weighted by Crippen LogP contribution is -2.10. The Morgan fingerprint density at radius 2 is 0.935 bits per heavy atom. The second-order valence-electron chi connectivity index (χ2n) is 12.2. The molecule has 0 aliphatic heterocycles. The van der Waals surface area contributed by atoms with Gasteiger partial charge in [0, 0.05) is 38.9 Å². The summed E-state index contributed by atoms with van der Waals surface area (Å²) in [5, 5.41) is 10.7. The van der Waals surface area contributed by atoms with Gasteiger partial charge in [-0.05, 0) is 92.7 Å². The zero-order valence-corrected chi connectivity index (χ0v) is 25.1. The molecule has 1 heterocycles. The van der Waals surface area contributed by atoms with Crippen molar-refractivity contribution in [2.75, 3.05) is 4.90 Å². The molecule has 0 aliphatic carbocycles. The highest BCUT2D eigenvalue weighted by atomic mass is 15.1. The normalized spacial score (nSPS) is 11.9. The SMILES string of the molecule is c1ccc(-c2ccc(N(c3ccccc3)c3cccc(-n4c5cccc6c7cccc8ccc9ccc4c(c9c87)c65)c3)cc2)cc1. The van der Waals surface area contributed by atoms with Crippen molar-refractivity contribution in [3.63, 3.8) is 0 Å². The van der Waals surface area contributed by atoms with E-state index in [1.165, 1.54) is 65.3 Å². The Hall–Kier alpha value is -6.12. The van der Waals surface area contributed by atoms with Crippen molar-refractivity contribution >= 4 is 71.2 Å². The largest absolute Gasteiger partial charge is 0.310 e. The average molecular weight is 585 g/mol. The molecule has 0 fully saturated rings. The van der Waals surface area contributed by atoms with E-state index < -0.39 is 0 Å². The first kappa shape index (κ1) is 25.2. The number of hydrogen-bond acceptors (Lipinski definition) is 1. The van der Waals surface area contributed by atoms with Gasteiger partial charge in [0.1, 0.15) is 0 Å². The molecule has 214 valence electrons. The van der Waals surface area contributed by atoms with Crippen LogP contribution in [0.2, 0.25) is 0 Å². The molecule has 9 aromatic carbocycles. The molecule has 0 amide bonds. The molecule has 0 radical (unpaired) electrons. The van der Waals surface area contributed by atoms with Crippen LogP contribution in [-0.2, 0) is 0 Å². The first-order valence-corrected chi connectivity index (χ1v) is 15.9. The van der Waals surface area contributed by atoms with Gasteiger partial charge >= 0.3 is 0 Å². The maximum atomic E-state index is 2.46. The number of aromatic nitrogens is 1. The molecule has 0 aliphatic rings. The Balaban J connectivity index is 1.20. The molecule has 46 heavy (non-hydrogen) atoms. The van der Waals surface area contributed by atoms with Crippen molar-refractivity contribution in [2.24, 2.45) is 0 Å². The highest BCUT2D eigenvalue weighted by molar-refractivity contribution is 6.40. The van der Waals surface area contributed by atoms with Crippen LogP contribution in [0.4, 0.5) is 17.1 Å². The fourth-order valence-corrected chi connectivity index (χ4v) is 7.70. The predicted molar refractivity (Wildman–Crippen MR) is 196 cm³/mol. The molecule has 10 aromatic rings. The third-order valence-corrected chi connectivity index (χ3v) is 9.66. The van der Waals surface area contributed by atoms with Gasteiger partial charge in [0.05, 0.1) is 11.0 Å². The Bertz CT molecular complexity index is 2670. The molecule has 2 heteroatoms. The molecule has 0 spiro atoms. The number of anilines is 3. The first-order chi connectivity index (χ1) is 22.8. The molecule has 0 N–H and O–H groups in total. The number of fused-ring (bicyclic) bond motifs is 1. The Morgan fingerprint density at radius 3 is 1.74 bits per heavy atom. The van der Waals surface area contributed by atoms with Crippen LogP contribution in [0.5, 0.6) is 0 Å². The van der Waals surface area contributed by atoms with Gasteiger partial charge < -0.3 is 9.47 Å². The zero-order chi connectivity index (χ0) is 30.2. The summed E-state index contributed by atoms with van der Waals surface area (Å²) >= 11 is 0. The molecule has 0 saturated carbocycles. The number of hydrogen-bond donors (Lipinski definition) is 0. The number of para-hydroxylation sites is 1. The molecule has 10 rings (SSSR count). The molecule has 0 unspecified atom stereocenters. The minimum atomic E-state index is 1.11. The molecular formula is C44H28N2. The first-order valence-electron chi connectivity index (χ1n) is 15.9. The molecular weight excluding hydrogens is 556 g/mol. The van der Waals surface area contributed by atoms with Crippen LogP contribution in [0.3, 0.4) is 0 Å². The second-order valence-corrected chi connectivity index (χ2v) is 12.2. The summed E-state index contributed by atoms with van der Waals surface area (Å²) in [6.45, 7) is 0. The number of nitrogens with zero attached hydrogens (tertiary/aromatic N) is 2. The third kappa shape index (κ3) is 3.59. The topological polar surface area (TPSA) is 8.17 Å². The molecule has 0 saturated heterocycles. The lowest BCUT2D eigenvalue weighted by Gasteiger charge is -2.26. The van der Waals surface area contributed by atoms with Crippen molar-refractivity contribution < 1.29 is 0 Å². The van der Waals surface area contributed by atoms with E-state index in [1.54, 1.807) is 0 Å².